The minimum absolute atomic E-state index is 0.610. The number of rotatable bonds is 3. The average molecular weight is 195 g/mol. The molecule has 1 rings (SSSR count). The minimum Gasteiger partial charge on any atom is -0.350 e. The van der Waals surface area contributed by atoms with Gasteiger partial charge in [0.25, 0.3) is 0 Å². The Morgan fingerprint density at radius 3 is 2.71 bits per heavy atom. The molecule has 0 aromatic carbocycles. The fourth-order valence-corrected chi connectivity index (χ4v) is 1.55. The maximum Gasteiger partial charge on any atom is 0.332 e. The van der Waals surface area contributed by atoms with Gasteiger partial charge >= 0.3 is 6.03 Å². The molecule has 0 atom stereocenters. The van der Waals surface area contributed by atoms with Crippen LogP contribution < -0.4 is 11.2 Å². The number of nitrogens with one attached hydrogen (secondary N) is 1. The van der Waals surface area contributed by atoms with Gasteiger partial charge in [-0.15, -0.1) is 0 Å². The topological polar surface area (TPSA) is 67.5 Å². The summed E-state index contributed by atoms with van der Waals surface area (Å²) in [5.41, 5.74) is 9.50. The number of urea groups is 1. The zero-order valence-corrected chi connectivity index (χ0v) is 8.55. The molecule has 1 aliphatic rings. The van der Waals surface area contributed by atoms with Gasteiger partial charge in [-0.1, -0.05) is 12.5 Å². The van der Waals surface area contributed by atoms with Gasteiger partial charge in [-0.05, 0) is 38.2 Å². The number of primary amides is 1. The number of hydrogen-bond acceptors (Lipinski definition) is 2. The Morgan fingerprint density at radius 2 is 2.21 bits per heavy atom. The fourth-order valence-electron chi connectivity index (χ4n) is 1.55. The number of nitrogens with zero attached hydrogens (tertiary/aromatic N) is 1. The highest BCUT2D eigenvalue weighted by atomic mass is 16.2. The van der Waals surface area contributed by atoms with Crippen LogP contribution in [0.5, 0.6) is 0 Å². The molecule has 2 amide bonds. The Kier molecular flexibility index (Phi) is 4.16. The van der Waals surface area contributed by atoms with E-state index in [0.29, 0.717) is 0 Å². The van der Waals surface area contributed by atoms with E-state index < -0.39 is 6.03 Å². The third-order valence-corrected chi connectivity index (χ3v) is 2.29. The lowest BCUT2D eigenvalue weighted by atomic mass is 10.1. The molecule has 1 aliphatic carbocycles. The second kappa shape index (κ2) is 5.42. The van der Waals surface area contributed by atoms with Crippen LogP contribution in [0.4, 0.5) is 4.79 Å². The van der Waals surface area contributed by atoms with Crippen molar-refractivity contribution in [1.29, 1.82) is 0 Å². The van der Waals surface area contributed by atoms with Crippen molar-refractivity contribution in [3.63, 3.8) is 0 Å². The van der Waals surface area contributed by atoms with Crippen molar-refractivity contribution in [2.24, 2.45) is 10.8 Å². The molecule has 4 heteroatoms. The minimum atomic E-state index is -0.610. The molecule has 4 nitrogen and oxygen atoms in total. The molecule has 0 unspecified atom stereocenters. The predicted octanol–water partition coefficient (Wildman–Crippen LogP) is 1.92. The Labute approximate surface area is 84.2 Å². The molecular weight excluding hydrogens is 178 g/mol. The largest absolute Gasteiger partial charge is 0.350 e. The van der Waals surface area contributed by atoms with E-state index in [1.165, 1.54) is 18.4 Å². The van der Waals surface area contributed by atoms with Crippen LogP contribution in [0.1, 0.15) is 39.0 Å². The van der Waals surface area contributed by atoms with Crippen molar-refractivity contribution in [3.05, 3.63) is 11.6 Å². The molecule has 0 spiro atoms. The van der Waals surface area contributed by atoms with E-state index in [1.807, 2.05) is 6.92 Å². The molecular formula is C10H17N3O. The highest BCUT2D eigenvalue weighted by Crippen LogP contribution is 2.23. The van der Waals surface area contributed by atoms with Crippen LogP contribution in [0.2, 0.25) is 0 Å². The molecule has 0 saturated heterocycles. The van der Waals surface area contributed by atoms with Gasteiger partial charge in [-0.3, -0.25) is 0 Å². The maximum absolute atomic E-state index is 10.4. The van der Waals surface area contributed by atoms with Gasteiger partial charge in [0.15, 0.2) is 0 Å². The van der Waals surface area contributed by atoms with Gasteiger partial charge in [0, 0.05) is 0 Å². The number of allylic oxidation sites excluding steroid dienone is 2. The summed E-state index contributed by atoms with van der Waals surface area (Å²) in [5, 5.41) is 3.92. The zero-order valence-electron chi connectivity index (χ0n) is 8.55. The molecule has 78 valence electrons. The number of carbonyl (C=O) groups excluding carboxylic acids is 1. The lowest BCUT2D eigenvalue weighted by Gasteiger charge is -1.99. The molecule has 0 heterocycles. The summed E-state index contributed by atoms with van der Waals surface area (Å²) in [4.78, 5) is 10.4. The van der Waals surface area contributed by atoms with Crippen molar-refractivity contribution in [3.8, 4) is 0 Å². The summed E-state index contributed by atoms with van der Waals surface area (Å²) in [5.74, 6) is 0. The van der Waals surface area contributed by atoms with Crippen molar-refractivity contribution in [1.82, 2.24) is 5.43 Å². The summed E-state index contributed by atoms with van der Waals surface area (Å²) >= 11 is 0. The van der Waals surface area contributed by atoms with Crippen LogP contribution in [-0.2, 0) is 0 Å². The average Bonchev–Trinajstić information content (AvgIpc) is 2.64. The number of carbonyl (C=O) groups is 1. The van der Waals surface area contributed by atoms with Crippen molar-refractivity contribution < 1.29 is 4.79 Å². The van der Waals surface area contributed by atoms with Gasteiger partial charge < -0.3 is 5.73 Å². The molecule has 1 saturated carbocycles. The van der Waals surface area contributed by atoms with E-state index in [9.17, 15) is 4.79 Å². The molecule has 0 bridgehead atoms. The second-order valence-electron chi connectivity index (χ2n) is 3.44. The van der Waals surface area contributed by atoms with Crippen LogP contribution in [0.25, 0.3) is 0 Å². The first-order chi connectivity index (χ1) is 6.72. The molecule has 0 aromatic heterocycles. The Bertz CT molecular complexity index is 261. The Balaban J connectivity index is 2.56. The summed E-state index contributed by atoms with van der Waals surface area (Å²) in [6, 6.07) is -0.610. The number of hydrogen-bond donors (Lipinski definition) is 2. The Morgan fingerprint density at radius 1 is 1.57 bits per heavy atom. The van der Waals surface area contributed by atoms with Gasteiger partial charge in [-0.2, -0.15) is 5.10 Å². The molecule has 1 fully saturated rings. The lowest BCUT2D eigenvalue weighted by Crippen LogP contribution is -2.25. The van der Waals surface area contributed by atoms with Crippen molar-refractivity contribution in [2.75, 3.05) is 0 Å². The second-order valence-corrected chi connectivity index (χ2v) is 3.44. The number of hydrazone groups is 1. The first kappa shape index (κ1) is 10.8. The highest BCUT2D eigenvalue weighted by molar-refractivity contribution is 5.95. The summed E-state index contributed by atoms with van der Waals surface area (Å²) in [6.07, 6.45) is 7.75. The maximum atomic E-state index is 10.4. The van der Waals surface area contributed by atoms with Crippen molar-refractivity contribution in [2.45, 2.75) is 39.0 Å². The van der Waals surface area contributed by atoms with E-state index in [4.69, 9.17) is 5.73 Å². The quantitative estimate of drug-likeness (QED) is 0.524. The molecule has 14 heavy (non-hydrogen) atoms. The third-order valence-electron chi connectivity index (χ3n) is 2.29. The molecule has 3 N–H and O–H groups in total. The summed E-state index contributed by atoms with van der Waals surface area (Å²) < 4.78 is 0. The van der Waals surface area contributed by atoms with Gasteiger partial charge in [0.1, 0.15) is 0 Å². The monoisotopic (exact) mass is 195 g/mol. The van der Waals surface area contributed by atoms with Gasteiger partial charge in [0.2, 0.25) is 0 Å². The zero-order chi connectivity index (χ0) is 10.4. The number of amides is 2. The SMILES string of the molecule is CC/C(C=C1CCCC1)=N/NC(N)=O. The normalized spacial score (nSPS) is 16.9. The first-order valence-corrected chi connectivity index (χ1v) is 5.04. The van der Waals surface area contributed by atoms with Crippen molar-refractivity contribution >= 4 is 11.7 Å². The number of nitrogens with two attached hydrogens (primary N) is 1. The molecule has 0 aromatic rings. The van der Waals surface area contributed by atoms with E-state index in [0.717, 1.165) is 25.0 Å². The van der Waals surface area contributed by atoms with Crippen LogP contribution in [0.3, 0.4) is 0 Å². The van der Waals surface area contributed by atoms with E-state index in [-0.39, 0.29) is 0 Å². The fraction of sp³-hybridized carbons (Fsp3) is 0.600. The first-order valence-electron chi connectivity index (χ1n) is 5.04. The van der Waals surface area contributed by atoms with Crippen LogP contribution in [-0.4, -0.2) is 11.7 Å². The summed E-state index contributed by atoms with van der Waals surface area (Å²) in [7, 11) is 0. The third kappa shape index (κ3) is 3.60. The van der Waals surface area contributed by atoms with E-state index in [1.54, 1.807) is 0 Å². The smallest absolute Gasteiger partial charge is 0.332 e. The molecule has 0 radical (unpaired) electrons. The van der Waals surface area contributed by atoms with Gasteiger partial charge in [-0.25, -0.2) is 10.2 Å². The van der Waals surface area contributed by atoms with E-state index in [2.05, 4.69) is 16.6 Å². The van der Waals surface area contributed by atoms with Crippen LogP contribution in [0, 0.1) is 0 Å². The lowest BCUT2D eigenvalue weighted by molar-refractivity contribution is 0.249. The predicted molar refractivity (Wildman–Crippen MR) is 57.0 cm³/mol. The molecule has 0 aliphatic heterocycles. The van der Waals surface area contributed by atoms with Gasteiger partial charge in [0.05, 0.1) is 5.71 Å². The van der Waals surface area contributed by atoms with Crippen LogP contribution in [0.15, 0.2) is 16.8 Å². The standard InChI is InChI=1S/C10H17N3O/c1-2-9(12-13-10(11)14)7-8-5-3-4-6-8/h7H,2-6H2,1H3,(H3,11,13,14)/b12-9-. The van der Waals surface area contributed by atoms with E-state index >= 15 is 0 Å². The van der Waals surface area contributed by atoms with Crippen LogP contribution >= 0.6 is 0 Å². The summed E-state index contributed by atoms with van der Waals surface area (Å²) in [6.45, 7) is 2.01. The highest BCUT2D eigenvalue weighted by Gasteiger charge is 2.06. The Hall–Kier alpha value is -1.32.